The molecule has 3 aromatic heterocycles. The number of thioether (sulfide) groups is 1. The number of aliphatic hydroxyl groups is 1. The number of carboxylic acid groups (broad SMARTS) is 2. The van der Waals surface area contributed by atoms with Crippen LogP contribution in [0.1, 0.15) is 12.6 Å². The number of anilines is 1. The van der Waals surface area contributed by atoms with Crippen LogP contribution in [0.2, 0.25) is 4.34 Å². The Labute approximate surface area is 256 Å². The van der Waals surface area contributed by atoms with E-state index in [4.69, 9.17) is 27.3 Å². The number of hydrogen-bond acceptors (Lipinski definition) is 11. The van der Waals surface area contributed by atoms with Crippen molar-refractivity contribution in [3.05, 3.63) is 51.9 Å². The van der Waals surface area contributed by atoms with Gasteiger partial charge in [0.2, 0.25) is 11.6 Å². The van der Waals surface area contributed by atoms with Crippen molar-refractivity contribution in [2.24, 2.45) is 5.16 Å². The molecule has 0 spiro atoms. The summed E-state index contributed by atoms with van der Waals surface area (Å²) >= 11 is 8.29. The number of fused-ring (bicyclic) bond motifs is 2. The average Bonchev–Trinajstić information content (AvgIpc) is 3.53. The molecule has 0 radical (unpaired) electrons. The molecule has 0 unspecified atom stereocenters. The Bertz CT molecular complexity index is 1700. The molecule has 1 saturated heterocycles. The third-order valence-electron chi connectivity index (χ3n) is 6.74. The lowest BCUT2D eigenvalue weighted by Gasteiger charge is -2.49. The fourth-order valence-corrected chi connectivity index (χ4v) is 6.97. The van der Waals surface area contributed by atoms with Gasteiger partial charge in [-0.15, -0.1) is 11.8 Å². The Morgan fingerprint density at radius 2 is 2.12 bits per heavy atom. The molecule has 18 heteroatoms. The van der Waals surface area contributed by atoms with Crippen LogP contribution < -0.4 is 15.6 Å². The number of pyridine rings is 1. The molecule has 3 aromatic rings. The van der Waals surface area contributed by atoms with Gasteiger partial charge in [-0.2, -0.15) is 4.57 Å². The number of rotatable bonds is 11. The van der Waals surface area contributed by atoms with Crippen LogP contribution in [0.3, 0.4) is 0 Å². The number of nitrogens with one attached hydrogen (secondary N) is 1. The van der Waals surface area contributed by atoms with E-state index in [0.29, 0.717) is 12.1 Å². The van der Waals surface area contributed by atoms with Crippen LogP contribution in [0.4, 0.5) is 5.13 Å². The predicted octanol–water partition coefficient (Wildman–Crippen LogP) is 0.246. The molecular formula is C25H25ClN7O8S2+. The molecule has 226 valence electrons. The average molecular weight is 651 g/mol. The fourth-order valence-electron chi connectivity index (χ4n) is 4.71. The van der Waals surface area contributed by atoms with E-state index in [1.807, 2.05) is 33.5 Å². The van der Waals surface area contributed by atoms with Gasteiger partial charge < -0.3 is 35.8 Å². The molecule has 2 aliphatic rings. The predicted molar refractivity (Wildman–Crippen MR) is 155 cm³/mol. The lowest BCUT2D eigenvalue weighted by Crippen LogP contribution is -2.71. The number of nitrogen functional groups attached to an aromatic ring is 1. The summed E-state index contributed by atoms with van der Waals surface area (Å²) < 4.78 is 3.75. The molecule has 3 atom stereocenters. The van der Waals surface area contributed by atoms with Crippen LogP contribution in [0.5, 0.6) is 0 Å². The van der Waals surface area contributed by atoms with Gasteiger partial charge in [-0.1, -0.05) is 28.1 Å². The zero-order valence-corrected chi connectivity index (χ0v) is 24.7. The van der Waals surface area contributed by atoms with Gasteiger partial charge in [0.05, 0.1) is 6.61 Å². The first-order valence-electron chi connectivity index (χ1n) is 12.7. The first-order chi connectivity index (χ1) is 20.5. The number of nitrogens with two attached hydrogens (primary N) is 1. The lowest BCUT2D eigenvalue weighted by atomic mass is 10.0. The topological polar surface area (TPSA) is 214 Å². The summed E-state index contributed by atoms with van der Waals surface area (Å²) in [4.78, 5) is 60.2. The van der Waals surface area contributed by atoms with Crippen LogP contribution in [-0.4, -0.2) is 89.1 Å². The standard InChI is InChI=1S/C25H24ClN7O8S2/c1-11(23(37)38)41-30-16(15-19(26)43-25(27)29-15)20(35)28-17-21(36)33-18(24(39)40)12(10-42-22(17)33)9-32-5-2-3-13-14(32)4-6-31(13)7-8-34/h2-6,11,17,22,34H,7-10H2,1H3,(H4-,27,28,29,35,37,38,39,40)/p+1/t11-,17+,22+/m0/s1. The number of carbonyl (C=O) groups is 4. The number of amides is 2. The summed E-state index contributed by atoms with van der Waals surface area (Å²) in [5.74, 6) is -3.95. The van der Waals surface area contributed by atoms with Crippen LogP contribution >= 0.6 is 34.7 Å². The van der Waals surface area contributed by atoms with Gasteiger partial charge in [-0.25, -0.2) is 14.6 Å². The molecule has 0 aromatic carbocycles. The van der Waals surface area contributed by atoms with Crippen molar-refractivity contribution in [3.8, 4) is 0 Å². The van der Waals surface area contributed by atoms with Gasteiger partial charge in [-0.3, -0.25) is 14.5 Å². The van der Waals surface area contributed by atoms with Crippen molar-refractivity contribution < 1.29 is 43.9 Å². The number of thiazole rings is 1. The first-order valence-corrected chi connectivity index (χ1v) is 14.9. The van der Waals surface area contributed by atoms with Crippen molar-refractivity contribution in [3.63, 3.8) is 0 Å². The molecule has 5 heterocycles. The highest BCUT2D eigenvalue weighted by molar-refractivity contribution is 8.00. The molecule has 0 saturated carbocycles. The van der Waals surface area contributed by atoms with E-state index in [0.717, 1.165) is 27.3 Å². The summed E-state index contributed by atoms with van der Waals surface area (Å²) in [7, 11) is 0. The third-order valence-corrected chi connectivity index (χ3v) is 9.17. The zero-order valence-electron chi connectivity index (χ0n) is 22.3. The van der Waals surface area contributed by atoms with E-state index in [-0.39, 0.29) is 39.8 Å². The van der Waals surface area contributed by atoms with Crippen LogP contribution in [0.15, 0.2) is 47.0 Å². The second-order valence-electron chi connectivity index (χ2n) is 9.46. The Balaban J connectivity index is 1.38. The number of aliphatic hydroxyl groups excluding tert-OH is 1. The number of halogens is 1. The van der Waals surface area contributed by atoms with Gasteiger partial charge in [0.1, 0.15) is 32.7 Å². The molecule has 0 bridgehead atoms. The fraction of sp³-hybridized carbons (Fsp3) is 0.320. The van der Waals surface area contributed by atoms with Gasteiger partial charge in [0, 0.05) is 36.2 Å². The number of aliphatic carboxylic acids is 2. The third kappa shape index (κ3) is 5.75. The highest BCUT2D eigenvalue weighted by atomic mass is 35.5. The van der Waals surface area contributed by atoms with Crippen molar-refractivity contribution in [1.29, 1.82) is 0 Å². The van der Waals surface area contributed by atoms with Crippen LogP contribution in [0, 0.1) is 0 Å². The SMILES string of the molecule is C[C@H](ON=C(C(=O)N[C@@H]1C(=O)N2C(C(=O)O)=C(C[n+]3cccc4c3ccn4CCO)CS[C@H]12)c1nc(N)sc1Cl)C(=O)O. The maximum atomic E-state index is 13.3. The summed E-state index contributed by atoms with van der Waals surface area (Å²) in [6.07, 6.45) is 2.23. The van der Waals surface area contributed by atoms with Gasteiger partial charge in [0.15, 0.2) is 23.6 Å². The summed E-state index contributed by atoms with van der Waals surface area (Å²) in [5, 5.41) is 34.0. The van der Waals surface area contributed by atoms with Crippen LogP contribution in [0.25, 0.3) is 11.0 Å². The Morgan fingerprint density at radius 1 is 1.35 bits per heavy atom. The van der Waals surface area contributed by atoms with Crippen molar-refractivity contribution >= 4 is 80.3 Å². The number of carboxylic acids is 2. The van der Waals surface area contributed by atoms with Gasteiger partial charge in [-0.05, 0) is 13.0 Å². The molecule has 2 aliphatic heterocycles. The lowest BCUT2D eigenvalue weighted by molar-refractivity contribution is -0.663. The highest BCUT2D eigenvalue weighted by Gasteiger charge is 2.55. The van der Waals surface area contributed by atoms with E-state index in [2.05, 4.69) is 15.5 Å². The number of aromatic nitrogens is 3. The normalized spacial score (nSPS) is 19.2. The smallest absolute Gasteiger partial charge is 0.352 e. The molecule has 43 heavy (non-hydrogen) atoms. The number of oxime groups is 1. The second-order valence-corrected chi connectivity index (χ2v) is 12.2. The van der Waals surface area contributed by atoms with Crippen molar-refractivity contribution in [1.82, 2.24) is 19.8 Å². The zero-order chi connectivity index (χ0) is 31.0. The minimum atomic E-state index is -1.41. The Morgan fingerprint density at radius 3 is 2.77 bits per heavy atom. The Kier molecular flexibility index (Phi) is 8.59. The van der Waals surface area contributed by atoms with E-state index in [9.17, 15) is 29.4 Å². The Hall–Kier alpha value is -4.19. The van der Waals surface area contributed by atoms with E-state index >= 15 is 0 Å². The molecule has 5 rings (SSSR count). The maximum Gasteiger partial charge on any atom is 0.352 e. The van der Waals surface area contributed by atoms with Crippen LogP contribution in [-0.2, 0) is 37.1 Å². The second kappa shape index (κ2) is 12.2. The van der Waals surface area contributed by atoms with Gasteiger partial charge >= 0.3 is 11.9 Å². The summed E-state index contributed by atoms with van der Waals surface area (Å²) in [5.41, 5.74) is 7.06. The number of nitrogens with zero attached hydrogens (tertiary/aromatic N) is 5. The molecule has 6 N–H and O–H groups in total. The molecule has 2 amide bonds. The van der Waals surface area contributed by atoms with E-state index in [1.165, 1.54) is 18.7 Å². The monoisotopic (exact) mass is 650 g/mol. The first kappa shape index (κ1) is 30.3. The van der Waals surface area contributed by atoms with E-state index in [1.54, 1.807) is 6.20 Å². The number of carbonyl (C=O) groups excluding carboxylic acids is 2. The molecular weight excluding hydrogens is 626 g/mol. The minimum Gasteiger partial charge on any atom is -0.478 e. The molecule has 1 fully saturated rings. The maximum absolute atomic E-state index is 13.3. The largest absolute Gasteiger partial charge is 0.478 e. The number of β-lactam (4-membered cyclic amide) rings is 1. The van der Waals surface area contributed by atoms with E-state index < -0.39 is 47.0 Å². The molecule has 0 aliphatic carbocycles. The number of hydrogen-bond donors (Lipinski definition) is 5. The van der Waals surface area contributed by atoms with Crippen molar-refractivity contribution in [2.45, 2.75) is 37.5 Å². The quantitative estimate of drug-likeness (QED) is 0.0820. The van der Waals surface area contributed by atoms with Crippen molar-refractivity contribution in [2.75, 3.05) is 18.1 Å². The summed E-state index contributed by atoms with van der Waals surface area (Å²) in [6, 6.07) is 4.46. The summed E-state index contributed by atoms with van der Waals surface area (Å²) in [6.45, 7) is 1.77. The minimum absolute atomic E-state index is 0.00783. The molecule has 15 nitrogen and oxygen atoms in total. The van der Waals surface area contributed by atoms with Gasteiger partial charge in [0.25, 0.3) is 11.8 Å². The highest BCUT2D eigenvalue weighted by Crippen LogP contribution is 2.40.